The lowest BCUT2D eigenvalue weighted by atomic mass is 9.82. The van der Waals surface area contributed by atoms with Crippen molar-refractivity contribution in [2.24, 2.45) is 5.92 Å². The number of rotatable bonds is 5. The Labute approximate surface area is 178 Å². The number of fused-ring (bicyclic) bond motifs is 3. The van der Waals surface area contributed by atoms with Crippen LogP contribution in [-0.2, 0) is 6.54 Å². The van der Waals surface area contributed by atoms with Crippen molar-refractivity contribution in [1.29, 1.82) is 0 Å². The van der Waals surface area contributed by atoms with Gasteiger partial charge in [0.1, 0.15) is 5.75 Å². The van der Waals surface area contributed by atoms with E-state index in [1.807, 2.05) is 6.92 Å². The Hall–Kier alpha value is -2.82. The molecule has 3 aromatic rings. The average Bonchev–Trinajstić information content (AvgIpc) is 3.20. The zero-order chi connectivity index (χ0) is 20.5. The van der Waals surface area contributed by atoms with Gasteiger partial charge in [0.25, 0.3) is 0 Å². The summed E-state index contributed by atoms with van der Waals surface area (Å²) in [5.41, 5.74) is 13.8. The van der Waals surface area contributed by atoms with Gasteiger partial charge >= 0.3 is 0 Å². The van der Waals surface area contributed by atoms with Crippen molar-refractivity contribution in [3.05, 3.63) is 95.1 Å². The van der Waals surface area contributed by atoms with Gasteiger partial charge in [-0.3, -0.25) is 0 Å². The molecular weight excluding hydrogens is 370 g/mol. The van der Waals surface area contributed by atoms with E-state index in [-0.39, 0.29) is 6.04 Å². The molecule has 0 radical (unpaired) electrons. The van der Waals surface area contributed by atoms with Crippen LogP contribution in [0.1, 0.15) is 41.3 Å². The third-order valence-corrected chi connectivity index (χ3v) is 6.34. The number of anilines is 1. The zero-order valence-electron chi connectivity index (χ0n) is 17.6. The molecule has 0 spiro atoms. The molecule has 3 aromatic carbocycles. The number of hydrogen-bond acceptors (Lipinski definition) is 4. The molecule has 4 heteroatoms. The highest BCUT2D eigenvalue weighted by atomic mass is 16.5. The fourth-order valence-corrected chi connectivity index (χ4v) is 4.83. The van der Waals surface area contributed by atoms with E-state index < -0.39 is 0 Å². The van der Waals surface area contributed by atoms with Gasteiger partial charge in [-0.15, -0.1) is 0 Å². The minimum Gasteiger partial charge on any atom is -0.494 e. The summed E-state index contributed by atoms with van der Waals surface area (Å²) in [6.45, 7) is 6.78. The smallest absolute Gasteiger partial charge is 0.119 e. The highest BCUT2D eigenvalue weighted by Gasteiger charge is 2.43. The summed E-state index contributed by atoms with van der Waals surface area (Å²) in [5.74, 6) is 1.38. The molecular formula is C26H29N3O. The van der Waals surface area contributed by atoms with Crippen LogP contribution in [0.3, 0.4) is 0 Å². The fourth-order valence-electron chi connectivity index (χ4n) is 4.83. The van der Waals surface area contributed by atoms with Crippen LogP contribution in [0, 0.1) is 12.8 Å². The van der Waals surface area contributed by atoms with Crippen molar-refractivity contribution < 1.29 is 4.74 Å². The van der Waals surface area contributed by atoms with Crippen LogP contribution in [0.15, 0.2) is 72.8 Å². The van der Waals surface area contributed by atoms with E-state index in [4.69, 9.17) is 4.74 Å². The van der Waals surface area contributed by atoms with Gasteiger partial charge in [-0.05, 0) is 48.7 Å². The lowest BCUT2D eigenvalue weighted by molar-refractivity contribution is 0.339. The summed E-state index contributed by atoms with van der Waals surface area (Å²) in [4.78, 5) is 2.54. The number of ether oxygens (including phenoxy) is 1. The van der Waals surface area contributed by atoms with Crippen LogP contribution in [0.5, 0.6) is 5.75 Å². The standard InChI is InChI=1S/C26H29N3O/c1-3-30-21-14-12-20(13-15-21)25-23-17-29(16-19-10-8-18(2)9-11-19)24-7-5-4-6-22(24)26(23)28-27-25/h4-15,23,25-28H,3,16-17H2,1-2H3. The first-order valence-corrected chi connectivity index (χ1v) is 10.9. The topological polar surface area (TPSA) is 36.5 Å². The van der Waals surface area contributed by atoms with E-state index in [1.165, 1.54) is 27.9 Å². The van der Waals surface area contributed by atoms with Crippen molar-refractivity contribution in [3.8, 4) is 5.75 Å². The largest absolute Gasteiger partial charge is 0.494 e. The Balaban J connectivity index is 1.44. The Bertz CT molecular complexity index is 1000. The molecule has 2 heterocycles. The van der Waals surface area contributed by atoms with Crippen molar-refractivity contribution in [3.63, 3.8) is 0 Å². The zero-order valence-corrected chi connectivity index (χ0v) is 17.6. The minimum absolute atomic E-state index is 0.263. The molecule has 30 heavy (non-hydrogen) atoms. The summed E-state index contributed by atoms with van der Waals surface area (Å²) < 4.78 is 5.62. The van der Waals surface area contributed by atoms with E-state index >= 15 is 0 Å². The lowest BCUT2D eigenvalue weighted by Crippen LogP contribution is -2.39. The summed E-state index contributed by atoms with van der Waals surface area (Å²) >= 11 is 0. The van der Waals surface area contributed by atoms with Crippen molar-refractivity contribution in [2.45, 2.75) is 32.5 Å². The predicted octanol–water partition coefficient (Wildman–Crippen LogP) is 4.92. The van der Waals surface area contributed by atoms with Crippen LogP contribution >= 0.6 is 0 Å². The average molecular weight is 400 g/mol. The molecule has 3 atom stereocenters. The number of para-hydroxylation sites is 1. The molecule has 2 aliphatic heterocycles. The van der Waals surface area contributed by atoms with Crippen molar-refractivity contribution in [1.82, 2.24) is 10.9 Å². The third-order valence-electron chi connectivity index (χ3n) is 6.34. The molecule has 1 saturated heterocycles. The highest BCUT2D eigenvalue weighted by molar-refractivity contribution is 5.58. The maximum absolute atomic E-state index is 5.62. The highest BCUT2D eigenvalue weighted by Crippen LogP contribution is 2.45. The van der Waals surface area contributed by atoms with E-state index in [0.29, 0.717) is 18.6 Å². The molecule has 2 aliphatic rings. The summed E-state index contributed by atoms with van der Waals surface area (Å²) in [6, 6.07) is 26.8. The number of benzene rings is 3. The second kappa shape index (κ2) is 8.13. The predicted molar refractivity (Wildman–Crippen MR) is 122 cm³/mol. The van der Waals surface area contributed by atoms with Gasteiger partial charge in [0.2, 0.25) is 0 Å². The Kier molecular flexibility index (Phi) is 5.19. The van der Waals surface area contributed by atoms with Gasteiger partial charge in [-0.25, -0.2) is 10.9 Å². The Morgan fingerprint density at radius 3 is 2.40 bits per heavy atom. The van der Waals surface area contributed by atoms with Crippen LogP contribution in [-0.4, -0.2) is 13.2 Å². The van der Waals surface area contributed by atoms with Crippen LogP contribution in [0.2, 0.25) is 0 Å². The number of nitrogens with one attached hydrogen (secondary N) is 2. The molecule has 0 saturated carbocycles. The molecule has 3 unspecified atom stereocenters. The molecule has 5 rings (SSSR count). The van der Waals surface area contributed by atoms with Gasteiger partial charge in [-0.1, -0.05) is 60.2 Å². The molecule has 0 aliphatic carbocycles. The Morgan fingerprint density at radius 1 is 0.900 bits per heavy atom. The molecule has 2 N–H and O–H groups in total. The monoisotopic (exact) mass is 399 g/mol. The van der Waals surface area contributed by atoms with E-state index in [1.54, 1.807) is 0 Å². The second-order valence-corrected chi connectivity index (χ2v) is 8.33. The van der Waals surface area contributed by atoms with Crippen molar-refractivity contribution >= 4 is 5.69 Å². The number of nitrogens with zero attached hydrogens (tertiary/aromatic N) is 1. The fraction of sp³-hybridized carbons (Fsp3) is 0.308. The molecule has 4 nitrogen and oxygen atoms in total. The SMILES string of the molecule is CCOc1ccc(C2NNC3c4ccccc4N(Cc4ccc(C)cc4)CC23)cc1. The summed E-state index contributed by atoms with van der Waals surface area (Å²) in [5, 5.41) is 0. The maximum Gasteiger partial charge on any atom is 0.119 e. The first-order valence-electron chi connectivity index (χ1n) is 10.9. The summed E-state index contributed by atoms with van der Waals surface area (Å²) in [6.07, 6.45) is 0. The molecule has 1 fully saturated rings. The first-order chi connectivity index (χ1) is 14.7. The van der Waals surface area contributed by atoms with Gasteiger partial charge in [0.15, 0.2) is 0 Å². The third kappa shape index (κ3) is 3.57. The molecule has 0 bridgehead atoms. The lowest BCUT2D eigenvalue weighted by Gasteiger charge is -2.39. The Morgan fingerprint density at radius 2 is 1.63 bits per heavy atom. The minimum atomic E-state index is 0.263. The second-order valence-electron chi connectivity index (χ2n) is 8.33. The van der Waals surface area contributed by atoms with E-state index in [9.17, 15) is 0 Å². The quantitative estimate of drug-likeness (QED) is 0.638. The van der Waals surface area contributed by atoms with Gasteiger partial charge in [0.05, 0.1) is 18.7 Å². The number of hydrogen-bond donors (Lipinski definition) is 2. The first kappa shape index (κ1) is 19.2. The van der Waals surface area contributed by atoms with Crippen LogP contribution in [0.25, 0.3) is 0 Å². The number of hydrazine groups is 1. The summed E-state index contributed by atoms with van der Waals surface area (Å²) in [7, 11) is 0. The molecule has 0 aromatic heterocycles. The van der Waals surface area contributed by atoms with Crippen molar-refractivity contribution in [2.75, 3.05) is 18.1 Å². The van der Waals surface area contributed by atoms with E-state index in [0.717, 1.165) is 18.8 Å². The number of aryl methyl sites for hydroxylation is 1. The normalized spacial score (nSPS) is 22.5. The van der Waals surface area contributed by atoms with E-state index in [2.05, 4.69) is 95.5 Å². The van der Waals surface area contributed by atoms with Gasteiger partial charge in [0, 0.05) is 24.7 Å². The van der Waals surface area contributed by atoms with Crippen LogP contribution in [0.4, 0.5) is 5.69 Å². The van der Waals surface area contributed by atoms with Gasteiger partial charge < -0.3 is 9.64 Å². The van der Waals surface area contributed by atoms with Crippen LogP contribution < -0.4 is 20.5 Å². The maximum atomic E-state index is 5.62. The molecule has 0 amide bonds. The van der Waals surface area contributed by atoms with Gasteiger partial charge in [-0.2, -0.15) is 0 Å². The molecule has 154 valence electrons.